The molecule has 0 spiro atoms. The smallest absolute Gasteiger partial charge is 0.310 e. The minimum Gasteiger partial charge on any atom is -0.490 e. The highest BCUT2D eigenvalue weighted by atomic mass is 32.2. The highest BCUT2D eigenvalue weighted by Gasteiger charge is 2.11. The molecule has 0 radical (unpaired) electrons. The van der Waals surface area contributed by atoms with Crippen LogP contribution in [0.15, 0.2) is 46.2 Å². The van der Waals surface area contributed by atoms with Crippen LogP contribution in [-0.4, -0.2) is 23.1 Å². The molecule has 0 atom stereocenters. The Bertz CT molecular complexity index is 581. The van der Waals surface area contributed by atoms with Crippen molar-refractivity contribution < 1.29 is 4.74 Å². The summed E-state index contributed by atoms with van der Waals surface area (Å²) in [5.74, 6) is 0.355. The van der Waals surface area contributed by atoms with Gasteiger partial charge in [-0.2, -0.15) is 5.10 Å². The maximum Gasteiger partial charge on any atom is 0.310 e. The van der Waals surface area contributed by atoms with Crippen LogP contribution in [0.4, 0.5) is 0 Å². The van der Waals surface area contributed by atoms with E-state index in [1.165, 1.54) is 23.6 Å². The van der Waals surface area contributed by atoms with Crippen molar-refractivity contribution in [1.29, 1.82) is 0 Å². The first-order valence-electron chi connectivity index (χ1n) is 5.48. The number of benzene rings is 1. The van der Waals surface area contributed by atoms with Gasteiger partial charge in [0.1, 0.15) is 0 Å². The fourth-order valence-electron chi connectivity index (χ4n) is 1.66. The predicted molar refractivity (Wildman–Crippen MR) is 72.4 cm³/mol. The standard InChI is InChI=1S/C13H14N2O2S/c1-17-12-11(18-2)8-14-15(13(12)16)9-10-6-4-3-5-7-10/h3-8H,9H2,1-2H3. The summed E-state index contributed by atoms with van der Waals surface area (Å²) in [5, 5.41) is 4.16. The van der Waals surface area contributed by atoms with Crippen molar-refractivity contribution in [2.24, 2.45) is 0 Å². The molecule has 0 saturated carbocycles. The van der Waals surface area contributed by atoms with Crippen LogP contribution in [0.25, 0.3) is 0 Å². The number of rotatable bonds is 4. The van der Waals surface area contributed by atoms with Gasteiger partial charge in [-0.3, -0.25) is 4.79 Å². The minimum absolute atomic E-state index is 0.201. The van der Waals surface area contributed by atoms with Gasteiger partial charge in [-0.15, -0.1) is 11.8 Å². The van der Waals surface area contributed by atoms with E-state index in [0.717, 1.165) is 10.5 Å². The third-order valence-corrected chi connectivity index (χ3v) is 3.30. The molecule has 0 bridgehead atoms. The number of hydrogen-bond acceptors (Lipinski definition) is 4. The molecule has 0 N–H and O–H groups in total. The summed E-state index contributed by atoms with van der Waals surface area (Å²) < 4.78 is 6.56. The Morgan fingerprint density at radius 1 is 1.33 bits per heavy atom. The molecule has 0 aliphatic rings. The van der Waals surface area contributed by atoms with Crippen LogP contribution < -0.4 is 10.3 Å². The summed E-state index contributed by atoms with van der Waals surface area (Å²) in [6.45, 7) is 0.449. The molecule has 2 rings (SSSR count). The van der Waals surface area contributed by atoms with Gasteiger partial charge >= 0.3 is 5.56 Å². The van der Waals surface area contributed by atoms with Crippen LogP contribution >= 0.6 is 11.8 Å². The van der Waals surface area contributed by atoms with Gasteiger partial charge in [0, 0.05) is 0 Å². The molecule has 0 aliphatic carbocycles. The Labute approximate surface area is 110 Å². The van der Waals surface area contributed by atoms with Crippen molar-refractivity contribution in [2.45, 2.75) is 11.4 Å². The van der Waals surface area contributed by atoms with E-state index in [1.54, 1.807) is 6.20 Å². The molecule has 2 aromatic rings. The molecule has 0 unspecified atom stereocenters. The van der Waals surface area contributed by atoms with E-state index in [9.17, 15) is 4.79 Å². The average Bonchev–Trinajstić information content (AvgIpc) is 2.42. The zero-order valence-electron chi connectivity index (χ0n) is 10.3. The molecule has 5 heteroatoms. The molecule has 0 amide bonds. The molecule has 18 heavy (non-hydrogen) atoms. The van der Waals surface area contributed by atoms with Gasteiger partial charge in [-0.1, -0.05) is 30.3 Å². The first kappa shape index (κ1) is 12.7. The number of nitrogens with zero attached hydrogens (tertiary/aromatic N) is 2. The lowest BCUT2D eigenvalue weighted by Gasteiger charge is -2.09. The molecule has 1 aromatic carbocycles. The molecular weight excluding hydrogens is 248 g/mol. The molecular formula is C13H14N2O2S. The number of hydrogen-bond donors (Lipinski definition) is 0. The average molecular weight is 262 g/mol. The SMILES string of the molecule is COc1c(SC)cnn(Cc2ccccc2)c1=O. The maximum atomic E-state index is 12.1. The normalized spacial score (nSPS) is 10.3. The van der Waals surface area contributed by atoms with Crippen molar-refractivity contribution in [2.75, 3.05) is 13.4 Å². The van der Waals surface area contributed by atoms with Crippen molar-refractivity contribution in [1.82, 2.24) is 9.78 Å². The van der Waals surface area contributed by atoms with Crippen molar-refractivity contribution in [3.8, 4) is 5.75 Å². The van der Waals surface area contributed by atoms with E-state index in [4.69, 9.17) is 4.74 Å². The summed E-state index contributed by atoms with van der Waals surface area (Å²) in [4.78, 5) is 12.9. The van der Waals surface area contributed by atoms with Gasteiger partial charge in [0.25, 0.3) is 0 Å². The first-order chi connectivity index (χ1) is 8.76. The van der Waals surface area contributed by atoms with Gasteiger partial charge in [0.2, 0.25) is 5.75 Å². The molecule has 0 aliphatic heterocycles. The first-order valence-corrected chi connectivity index (χ1v) is 6.70. The van der Waals surface area contributed by atoms with E-state index in [0.29, 0.717) is 12.3 Å². The Kier molecular flexibility index (Phi) is 4.04. The Morgan fingerprint density at radius 2 is 2.06 bits per heavy atom. The quantitative estimate of drug-likeness (QED) is 0.791. The monoisotopic (exact) mass is 262 g/mol. The van der Waals surface area contributed by atoms with Gasteiger partial charge in [0.15, 0.2) is 0 Å². The van der Waals surface area contributed by atoms with Crippen molar-refractivity contribution in [3.63, 3.8) is 0 Å². The summed E-state index contributed by atoms with van der Waals surface area (Å²) in [5.41, 5.74) is 0.833. The van der Waals surface area contributed by atoms with Crippen LogP contribution in [0.1, 0.15) is 5.56 Å². The highest BCUT2D eigenvalue weighted by Crippen LogP contribution is 2.21. The summed E-state index contributed by atoms with van der Waals surface area (Å²) >= 11 is 1.45. The van der Waals surface area contributed by atoms with E-state index < -0.39 is 0 Å². The summed E-state index contributed by atoms with van der Waals surface area (Å²) in [6, 6.07) is 9.74. The zero-order valence-corrected chi connectivity index (χ0v) is 11.1. The summed E-state index contributed by atoms with van der Waals surface area (Å²) in [6.07, 6.45) is 3.55. The lowest BCUT2D eigenvalue weighted by molar-refractivity contribution is 0.387. The predicted octanol–water partition coefficient (Wildman–Crippen LogP) is 2.02. The lowest BCUT2D eigenvalue weighted by Crippen LogP contribution is -2.24. The second-order valence-corrected chi connectivity index (χ2v) is 4.54. The van der Waals surface area contributed by atoms with Gasteiger partial charge < -0.3 is 4.74 Å². The third kappa shape index (κ3) is 2.56. The van der Waals surface area contributed by atoms with Gasteiger partial charge in [-0.05, 0) is 11.8 Å². The van der Waals surface area contributed by atoms with Crippen molar-refractivity contribution in [3.05, 3.63) is 52.4 Å². The fraction of sp³-hybridized carbons (Fsp3) is 0.231. The molecule has 94 valence electrons. The lowest BCUT2D eigenvalue weighted by atomic mass is 10.2. The maximum absolute atomic E-state index is 12.1. The van der Waals surface area contributed by atoms with Crippen LogP contribution in [0.2, 0.25) is 0 Å². The molecule has 1 aromatic heterocycles. The highest BCUT2D eigenvalue weighted by molar-refractivity contribution is 7.98. The van der Waals surface area contributed by atoms with E-state index >= 15 is 0 Å². The number of methoxy groups -OCH3 is 1. The second-order valence-electron chi connectivity index (χ2n) is 3.69. The topological polar surface area (TPSA) is 44.1 Å². The number of ether oxygens (including phenoxy) is 1. The molecule has 0 saturated heterocycles. The van der Waals surface area contributed by atoms with Gasteiger partial charge in [-0.25, -0.2) is 4.68 Å². The van der Waals surface area contributed by atoms with Crippen LogP contribution in [0.5, 0.6) is 5.75 Å². The van der Waals surface area contributed by atoms with Crippen molar-refractivity contribution >= 4 is 11.8 Å². The van der Waals surface area contributed by atoms with Crippen LogP contribution in [-0.2, 0) is 6.54 Å². The van der Waals surface area contributed by atoms with E-state index in [-0.39, 0.29) is 5.56 Å². The molecule has 1 heterocycles. The fourth-order valence-corrected chi connectivity index (χ4v) is 2.17. The molecule has 4 nitrogen and oxygen atoms in total. The Morgan fingerprint density at radius 3 is 2.67 bits per heavy atom. The molecule has 0 fully saturated rings. The van der Waals surface area contributed by atoms with E-state index in [2.05, 4.69) is 5.10 Å². The van der Waals surface area contributed by atoms with E-state index in [1.807, 2.05) is 36.6 Å². The minimum atomic E-state index is -0.201. The third-order valence-electron chi connectivity index (χ3n) is 2.57. The number of aromatic nitrogens is 2. The largest absolute Gasteiger partial charge is 0.490 e. The number of thioether (sulfide) groups is 1. The Balaban J connectivity index is 2.38. The van der Waals surface area contributed by atoms with Crippen LogP contribution in [0, 0.1) is 0 Å². The Hall–Kier alpha value is -1.75. The van der Waals surface area contributed by atoms with Gasteiger partial charge in [0.05, 0.1) is 24.7 Å². The summed E-state index contributed by atoms with van der Waals surface area (Å²) in [7, 11) is 1.50. The van der Waals surface area contributed by atoms with Crippen LogP contribution in [0.3, 0.4) is 0 Å². The zero-order chi connectivity index (χ0) is 13.0. The second kappa shape index (κ2) is 5.73.